The van der Waals surface area contributed by atoms with E-state index in [-0.39, 0.29) is 0 Å². The Morgan fingerprint density at radius 3 is 2.46 bits per heavy atom. The van der Waals surface area contributed by atoms with Gasteiger partial charge in [0.1, 0.15) is 0 Å². The number of hydrogen-bond donors (Lipinski definition) is 2. The molecule has 0 fully saturated rings. The Morgan fingerprint density at radius 1 is 1.04 bits per heavy atom. The molecule has 1 aromatic heterocycles. The normalized spacial score (nSPS) is 11.2. The average Bonchev–Trinajstić information content (AvgIpc) is 2.93. The Morgan fingerprint density at radius 2 is 1.79 bits per heavy atom. The van der Waals surface area contributed by atoms with Crippen LogP contribution in [-0.4, -0.2) is 25.6 Å². The molecule has 4 heteroatoms. The summed E-state index contributed by atoms with van der Waals surface area (Å²) in [5.74, 6) is 0. The summed E-state index contributed by atoms with van der Waals surface area (Å²) in [5.41, 5.74) is 11.9. The molecule has 0 aliphatic rings. The van der Waals surface area contributed by atoms with Crippen LogP contribution in [0.1, 0.15) is 18.4 Å². The zero-order valence-electron chi connectivity index (χ0n) is 14.3. The standard InChI is InChI=1S/C20H24BrN3/c1-24(2)16-9-6-14(7-10-16)20-17(5-3-4-12-22)18-13-15(21)8-11-19(18)23-20/h6-11,13,23H,3-5,12,22H2,1-2H3. The summed E-state index contributed by atoms with van der Waals surface area (Å²) in [6.07, 6.45) is 3.21. The number of anilines is 1. The minimum absolute atomic E-state index is 0.749. The first kappa shape index (κ1) is 17.1. The van der Waals surface area contributed by atoms with Crippen LogP contribution in [0.3, 0.4) is 0 Å². The first-order chi connectivity index (χ1) is 11.6. The summed E-state index contributed by atoms with van der Waals surface area (Å²) in [5, 5.41) is 1.30. The lowest BCUT2D eigenvalue weighted by Crippen LogP contribution is -2.07. The molecule has 1 heterocycles. The van der Waals surface area contributed by atoms with Crippen LogP contribution in [0.5, 0.6) is 0 Å². The molecule has 0 bridgehead atoms. The van der Waals surface area contributed by atoms with E-state index in [1.54, 1.807) is 0 Å². The summed E-state index contributed by atoms with van der Waals surface area (Å²) >= 11 is 3.60. The third kappa shape index (κ3) is 3.50. The number of H-pyrrole nitrogens is 1. The van der Waals surface area contributed by atoms with Crippen LogP contribution in [-0.2, 0) is 6.42 Å². The Hall–Kier alpha value is -1.78. The SMILES string of the molecule is CN(C)c1ccc(-c2[nH]c3ccc(Br)cc3c2CCCCN)cc1. The van der Waals surface area contributed by atoms with Crippen LogP contribution < -0.4 is 10.6 Å². The van der Waals surface area contributed by atoms with E-state index in [1.807, 2.05) is 0 Å². The molecule has 3 N–H and O–H groups in total. The van der Waals surface area contributed by atoms with E-state index in [4.69, 9.17) is 5.73 Å². The third-order valence-electron chi connectivity index (χ3n) is 4.42. The second kappa shape index (κ2) is 7.41. The van der Waals surface area contributed by atoms with Gasteiger partial charge in [-0.3, -0.25) is 0 Å². The number of aromatic nitrogens is 1. The molecule has 0 amide bonds. The maximum Gasteiger partial charge on any atom is 0.0497 e. The first-order valence-corrected chi connectivity index (χ1v) is 9.17. The molecule has 3 nitrogen and oxygen atoms in total. The molecule has 0 saturated heterocycles. The van der Waals surface area contributed by atoms with Gasteiger partial charge in [0.2, 0.25) is 0 Å². The average molecular weight is 386 g/mol. The molecule has 0 aliphatic carbocycles. The number of hydrogen-bond acceptors (Lipinski definition) is 2. The van der Waals surface area contributed by atoms with Crippen LogP contribution in [0, 0.1) is 0 Å². The second-order valence-electron chi connectivity index (χ2n) is 6.36. The lowest BCUT2D eigenvalue weighted by molar-refractivity contribution is 0.748. The Kier molecular flexibility index (Phi) is 5.27. The van der Waals surface area contributed by atoms with Crippen molar-refractivity contribution < 1.29 is 0 Å². The fraction of sp³-hybridized carbons (Fsp3) is 0.300. The van der Waals surface area contributed by atoms with Gasteiger partial charge in [-0.05, 0) is 67.3 Å². The van der Waals surface area contributed by atoms with Crippen LogP contribution in [0.2, 0.25) is 0 Å². The minimum Gasteiger partial charge on any atom is -0.378 e. The van der Waals surface area contributed by atoms with Gasteiger partial charge in [-0.15, -0.1) is 0 Å². The Bertz CT molecular complexity index is 819. The highest BCUT2D eigenvalue weighted by atomic mass is 79.9. The van der Waals surface area contributed by atoms with Gasteiger partial charge < -0.3 is 15.6 Å². The lowest BCUT2D eigenvalue weighted by Gasteiger charge is -2.13. The summed E-state index contributed by atoms with van der Waals surface area (Å²) in [6.45, 7) is 0.749. The van der Waals surface area contributed by atoms with Crippen LogP contribution in [0.4, 0.5) is 5.69 Å². The van der Waals surface area contributed by atoms with Gasteiger partial charge in [0.25, 0.3) is 0 Å². The van der Waals surface area contributed by atoms with Crippen molar-refractivity contribution >= 4 is 32.5 Å². The van der Waals surface area contributed by atoms with E-state index in [9.17, 15) is 0 Å². The Labute approximate surface area is 152 Å². The molecule has 0 spiro atoms. The first-order valence-electron chi connectivity index (χ1n) is 8.38. The van der Waals surface area contributed by atoms with Crippen molar-refractivity contribution in [3.63, 3.8) is 0 Å². The molecule has 24 heavy (non-hydrogen) atoms. The van der Waals surface area contributed by atoms with E-state index < -0.39 is 0 Å². The lowest BCUT2D eigenvalue weighted by atomic mass is 10.00. The molecule has 0 unspecified atom stereocenters. The van der Waals surface area contributed by atoms with Gasteiger partial charge in [-0.2, -0.15) is 0 Å². The topological polar surface area (TPSA) is 45.0 Å². The predicted molar refractivity (Wildman–Crippen MR) is 108 cm³/mol. The number of fused-ring (bicyclic) bond motifs is 1. The summed E-state index contributed by atoms with van der Waals surface area (Å²) in [6, 6.07) is 15.2. The summed E-state index contributed by atoms with van der Waals surface area (Å²) in [7, 11) is 4.13. The van der Waals surface area contributed by atoms with Crippen molar-refractivity contribution in [1.82, 2.24) is 4.98 Å². The largest absolute Gasteiger partial charge is 0.378 e. The molecule has 126 valence electrons. The van der Waals surface area contributed by atoms with E-state index >= 15 is 0 Å². The van der Waals surface area contributed by atoms with E-state index in [1.165, 1.54) is 33.4 Å². The van der Waals surface area contributed by atoms with Gasteiger partial charge in [0.05, 0.1) is 0 Å². The van der Waals surface area contributed by atoms with Gasteiger partial charge in [-0.25, -0.2) is 0 Å². The highest BCUT2D eigenvalue weighted by Gasteiger charge is 2.13. The van der Waals surface area contributed by atoms with Crippen molar-refractivity contribution in [2.75, 3.05) is 25.5 Å². The van der Waals surface area contributed by atoms with Gasteiger partial charge in [0.15, 0.2) is 0 Å². The van der Waals surface area contributed by atoms with Gasteiger partial charge in [0, 0.05) is 40.9 Å². The molecule has 2 aromatic carbocycles. The number of aryl methyl sites for hydroxylation is 1. The smallest absolute Gasteiger partial charge is 0.0497 e. The number of nitrogens with zero attached hydrogens (tertiary/aromatic N) is 1. The number of aromatic amines is 1. The zero-order valence-corrected chi connectivity index (χ0v) is 15.9. The van der Waals surface area contributed by atoms with Crippen molar-refractivity contribution in [1.29, 1.82) is 0 Å². The van der Waals surface area contributed by atoms with E-state index in [0.29, 0.717) is 0 Å². The fourth-order valence-electron chi connectivity index (χ4n) is 3.10. The molecule has 0 atom stereocenters. The number of nitrogens with two attached hydrogens (primary N) is 1. The fourth-order valence-corrected chi connectivity index (χ4v) is 3.46. The molecular formula is C20H24BrN3. The number of unbranched alkanes of at least 4 members (excludes halogenated alkanes) is 1. The maximum atomic E-state index is 5.68. The van der Waals surface area contributed by atoms with Crippen molar-refractivity contribution in [2.45, 2.75) is 19.3 Å². The van der Waals surface area contributed by atoms with Crippen molar-refractivity contribution in [3.05, 3.63) is 52.5 Å². The Balaban J connectivity index is 2.06. The summed E-state index contributed by atoms with van der Waals surface area (Å²) < 4.78 is 1.11. The van der Waals surface area contributed by atoms with Crippen LogP contribution in [0.25, 0.3) is 22.2 Å². The van der Waals surface area contributed by atoms with Crippen LogP contribution in [0.15, 0.2) is 46.9 Å². The molecule has 3 aromatic rings. The molecule has 0 saturated carbocycles. The van der Waals surface area contributed by atoms with Crippen molar-refractivity contribution in [2.24, 2.45) is 5.73 Å². The second-order valence-corrected chi connectivity index (χ2v) is 7.27. The highest BCUT2D eigenvalue weighted by Crippen LogP contribution is 2.33. The summed E-state index contributed by atoms with van der Waals surface area (Å²) in [4.78, 5) is 5.74. The predicted octanol–water partition coefficient (Wildman–Crippen LogP) is 4.94. The monoisotopic (exact) mass is 385 g/mol. The zero-order chi connectivity index (χ0) is 17.1. The van der Waals surface area contributed by atoms with E-state index in [2.05, 4.69) is 82.4 Å². The number of halogens is 1. The van der Waals surface area contributed by atoms with Gasteiger partial charge in [-0.1, -0.05) is 28.1 Å². The quantitative estimate of drug-likeness (QED) is 0.589. The number of nitrogens with one attached hydrogen (secondary N) is 1. The number of rotatable bonds is 6. The molecular weight excluding hydrogens is 362 g/mol. The van der Waals surface area contributed by atoms with Gasteiger partial charge >= 0.3 is 0 Å². The minimum atomic E-state index is 0.749. The third-order valence-corrected chi connectivity index (χ3v) is 4.91. The highest BCUT2D eigenvalue weighted by molar-refractivity contribution is 9.10. The molecule has 0 radical (unpaired) electrons. The van der Waals surface area contributed by atoms with E-state index in [0.717, 1.165) is 30.3 Å². The number of benzene rings is 2. The van der Waals surface area contributed by atoms with Crippen molar-refractivity contribution in [3.8, 4) is 11.3 Å². The van der Waals surface area contributed by atoms with Crippen LogP contribution >= 0.6 is 15.9 Å². The molecule has 3 rings (SSSR count). The molecule has 0 aliphatic heterocycles. The maximum absolute atomic E-state index is 5.68.